The van der Waals surface area contributed by atoms with E-state index in [9.17, 15) is 9.18 Å². The van der Waals surface area contributed by atoms with Gasteiger partial charge >= 0.3 is 0 Å². The number of aryl methyl sites for hydroxylation is 1. The van der Waals surface area contributed by atoms with Crippen molar-refractivity contribution < 1.29 is 9.18 Å². The molecule has 94 valence electrons. The number of hydrogen-bond acceptors (Lipinski definition) is 3. The zero-order valence-electron chi connectivity index (χ0n) is 10.2. The maximum Gasteiger partial charge on any atom is 0.283 e. The third-order valence-corrected chi connectivity index (χ3v) is 2.90. The lowest BCUT2D eigenvalue weighted by Crippen LogP contribution is -2.15. The third-order valence-electron chi connectivity index (χ3n) is 2.90. The van der Waals surface area contributed by atoms with Gasteiger partial charge in [-0.05, 0) is 36.8 Å². The van der Waals surface area contributed by atoms with Crippen molar-refractivity contribution in [3.8, 4) is 0 Å². The van der Waals surface area contributed by atoms with Gasteiger partial charge in [0.2, 0.25) is 0 Å². The monoisotopic (exact) mass is 255 g/mol. The second-order valence-electron chi connectivity index (χ2n) is 4.28. The molecule has 4 nitrogen and oxygen atoms in total. The first-order valence-electron chi connectivity index (χ1n) is 5.78. The maximum atomic E-state index is 13.6. The summed E-state index contributed by atoms with van der Waals surface area (Å²) < 4.78 is 14.7. The van der Waals surface area contributed by atoms with Gasteiger partial charge in [0, 0.05) is 0 Å². The van der Waals surface area contributed by atoms with Gasteiger partial charge in [-0.25, -0.2) is 4.39 Å². The summed E-state index contributed by atoms with van der Waals surface area (Å²) in [5, 5.41) is 7.73. The van der Waals surface area contributed by atoms with Crippen LogP contribution in [0.4, 0.5) is 4.39 Å². The summed E-state index contributed by atoms with van der Waals surface area (Å²) in [7, 11) is 0. The summed E-state index contributed by atoms with van der Waals surface area (Å²) in [5.41, 5.74) is 2.19. The molecule has 0 aliphatic rings. The average Bonchev–Trinajstić information content (AvgIpc) is 2.81. The highest BCUT2D eigenvalue weighted by Gasteiger charge is 2.17. The first kappa shape index (κ1) is 11.5. The van der Waals surface area contributed by atoms with E-state index in [2.05, 4.69) is 10.3 Å². The Balaban J connectivity index is 2.15. The number of aromatic nitrogens is 3. The zero-order chi connectivity index (χ0) is 13.4. The number of halogens is 1. The molecule has 1 heterocycles. The van der Waals surface area contributed by atoms with Crippen LogP contribution < -0.4 is 0 Å². The van der Waals surface area contributed by atoms with Gasteiger partial charge in [0.1, 0.15) is 11.3 Å². The van der Waals surface area contributed by atoms with Gasteiger partial charge in [-0.2, -0.15) is 4.68 Å². The summed E-state index contributed by atoms with van der Waals surface area (Å²) >= 11 is 0. The minimum atomic E-state index is -0.566. The van der Waals surface area contributed by atoms with Crippen LogP contribution in [0, 0.1) is 12.7 Å². The van der Waals surface area contributed by atoms with E-state index in [0.29, 0.717) is 11.0 Å². The fourth-order valence-corrected chi connectivity index (χ4v) is 1.93. The molecular formula is C14H10FN3O. The van der Waals surface area contributed by atoms with Gasteiger partial charge in [0.15, 0.2) is 0 Å². The van der Waals surface area contributed by atoms with Crippen molar-refractivity contribution in [2.24, 2.45) is 0 Å². The molecule has 0 amide bonds. The van der Waals surface area contributed by atoms with Crippen molar-refractivity contribution in [3.63, 3.8) is 0 Å². The molecule has 0 aliphatic carbocycles. The molecule has 3 rings (SSSR count). The lowest BCUT2D eigenvalue weighted by atomic mass is 10.2. The predicted molar refractivity (Wildman–Crippen MR) is 68.4 cm³/mol. The van der Waals surface area contributed by atoms with E-state index in [4.69, 9.17) is 0 Å². The fourth-order valence-electron chi connectivity index (χ4n) is 1.93. The van der Waals surface area contributed by atoms with Crippen molar-refractivity contribution in [1.29, 1.82) is 0 Å². The molecular weight excluding hydrogens is 245 g/mol. The predicted octanol–water partition coefficient (Wildman–Crippen LogP) is 2.57. The van der Waals surface area contributed by atoms with Crippen molar-refractivity contribution in [2.45, 2.75) is 6.92 Å². The van der Waals surface area contributed by atoms with Crippen molar-refractivity contribution in [1.82, 2.24) is 15.0 Å². The van der Waals surface area contributed by atoms with Crippen LogP contribution in [-0.2, 0) is 0 Å². The van der Waals surface area contributed by atoms with E-state index in [0.717, 1.165) is 10.2 Å². The number of fused-ring (bicyclic) bond motifs is 1. The van der Waals surface area contributed by atoms with Crippen LogP contribution in [0.1, 0.15) is 15.9 Å². The molecule has 0 spiro atoms. The summed E-state index contributed by atoms with van der Waals surface area (Å²) in [4.78, 5) is 12.2. The Hall–Kier alpha value is -2.56. The van der Waals surface area contributed by atoms with E-state index in [1.165, 1.54) is 18.2 Å². The summed E-state index contributed by atoms with van der Waals surface area (Å²) in [6.45, 7) is 1.93. The largest absolute Gasteiger partial charge is 0.283 e. The SMILES string of the molecule is Cc1ccc2c(c1)nnn2C(=O)c1ccccc1F. The quantitative estimate of drug-likeness (QED) is 0.671. The highest BCUT2D eigenvalue weighted by atomic mass is 19.1. The van der Waals surface area contributed by atoms with E-state index >= 15 is 0 Å². The van der Waals surface area contributed by atoms with Gasteiger partial charge in [-0.3, -0.25) is 4.79 Å². The summed E-state index contributed by atoms with van der Waals surface area (Å²) in [6.07, 6.45) is 0. The van der Waals surface area contributed by atoms with Crippen LogP contribution in [0.2, 0.25) is 0 Å². The molecule has 0 atom stereocenters. The van der Waals surface area contributed by atoms with E-state index in [-0.39, 0.29) is 5.56 Å². The minimum absolute atomic E-state index is 0.0186. The molecule has 0 unspecified atom stereocenters. The van der Waals surface area contributed by atoms with Crippen molar-refractivity contribution in [2.75, 3.05) is 0 Å². The first-order valence-corrected chi connectivity index (χ1v) is 5.78. The molecule has 0 N–H and O–H groups in total. The van der Waals surface area contributed by atoms with Crippen molar-refractivity contribution in [3.05, 3.63) is 59.4 Å². The van der Waals surface area contributed by atoms with Crippen LogP contribution in [0.15, 0.2) is 42.5 Å². The normalized spacial score (nSPS) is 10.8. The van der Waals surface area contributed by atoms with Crippen molar-refractivity contribution >= 4 is 16.9 Å². The highest BCUT2D eigenvalue weighted by molar-refractivity contribution is 6.00. The van der Waals surface area contributed by atoms with Gasteiger partial charge in [0.05, 0.1) is 11.1 Å². The molecule has 0 saturated heterocycles. The minimum Gasteiger partial charge on any atom is -0.267 e. The van der Waals surface area contributed by atoms with E-state index < -0.39 is 11.7 Å². The van der Waals surface area contributed by atoms with E-state index in [1.54, 1.807) is 12.1 Å². The fraction of sp³-hybridized carbons (Fsp3) is 0.0714. The van der Waals surface area contributed by atoms with Gasteiger partial charge in [-0.1, -0.05) is 23.4 Å². The van der Waals surface area contributed by atoms with Crippen LogP contribution in [0.3, 0.4) is 0 Å². The van der Waals surface area contributed by atoms with E-state index in [1.807, 2.05) is 19.1 Å². The number of nitrogens with zero attached hydrogens (tertiary/aromatic N) is 3. The van der Waals surface area contributed by atoms with Gasteiger partial charge in [-0.15, -0.1) is 5.10 Å². The molecule has 5 heteroatoms. The van der Waals surface area contributed by atoms with Crippen LogP contribution in [0.5, 0.6) is 0 Å². The Morgan fingerprint density at radius 2 is 2.00 bits per heavy atom. The molecule has 0 radical (unpaired) electrons. The Morgan fingerprint density at radius 1 is 1.21 bits per heavy atom. The zero-order valence-corrected chi connectivity index (χ0v) is 10.2. The summed E-state index contributed by atoms with van der Waals surface area (Å²) in [6, 6.07) is 11.3. The second kappa shape index (κ2) is 4.28. The van der Waals surface area contributed by atoms with Gasteiger partial charge < -0.3 is 0 Å². The lowest BCUT2D eigenvalue weighted by molar-refractivity contribution is 0.0944. The molecule has 0 aliphatic heterocycles. The summed E-state index contributed by atoms with van der Waals surface area (Å²) in [5.74, 6) is -1.09. The highest BCUT2D eigenvalue weighted by Crippen LogP contribution is 2.15. The standard InChI is InChI=1S/C14H10FN3O/c1-9-6-7-13-12(8-9)16-17-18(13)14(19)10-4-2-3-5-11(10)15/h2-8H,1H3. The molecule has 0 fully saturated rings. The van der Waals surface area contributed by atoms with Crippen LogP contribution >= 0.6 is 0 Å². The Kier molecular flexibility index (Phi) is 2.59. The number of hydrogen-bond donors (Lipinski definition) is 0. The molecule has 1 aromatic heterocycles. The van der Waals surface area contributed by atoms with Crippen LogP contribution in [0.25, 0.3) is 11.0 Å². The van der Waals surface area contributed by atoms with Gasteiger partial charge in [0.25, 0.3) is 5.91 Å². The number of rotatable bonds is 1. The molecule has 3 aromatic rings. The average molecular weight is 255 g/mol. The number of benzene rings is 2. The topological polar surface area (TPSA) is 47.8 Å². The van der Waals surface area contributed by atoms with Crippen LogP contribution in [-0.4, -0.2) is 20.9 Å². The Morgan fingerprint density at radius 3 is 2.79 bits per heavy atom. The molecule has 19 heavy (non-hydrogen) atoms. The number of carbonyl (C=O) groups is 1. The molecule has 2 aromatic carbocycles. The Labute approximate surface area is 108 Å². The first-order chi connectivity index (χ1) is 9.16. The third kappa shape index (κ3) is 1.89. The molecule has 0 bridgehead atoms. The smallest absolute Gasteiger partial charge is 0.267 e. The number of carbonyl (C=O) groups excluding carboxylic acids is 1. The maximum absolute atomic E-state index is 13.6. The lowest BCUT2D eigenvalue weighted by Gasteiger charge is -2.02. The Bertz CT molecular complexity index is 779. The second-order valence-corrected chi connectivity index (χ2v) is 4.28. The molecule has 0 saturated carbocycles.